The molecule has 3 aromatic rings. The first kappa shape index (κ1) is 22.3. The van der Waals surface area contributed by atoms with Crippen LogP contribution in [0.3, 0.4) is 0 Å². The van der Waals surface area contributed by atoms with Gasteiger partial charge in [-0.05, 0) is 84.8 Å². The molecule has 0 aliphatic carbocycles. The van der Waals surface area contributed by atoms with Gasteiger partial charge in [-0.1, -0.05) is 30.3 Å². The van der Waals surface area contributed by atoms with E-state index in [9.17, 15) is 4.39 Å². The second-order valence-corrected chi connectivity index (χ2v) is 8.34. The topological polar surface area (TPSA) is 56.5 Å². The van der Waals surface area contributed by atoms with Gasteiger partial charge in [-0.3, -0.25) is 0 Å². The van der Waals surface area contributed by atoms with Crippen molar-refractivity contribution in [2.45, 2.75) is 39.3 Å². The van der Waals surface area contributed by atoms with E-state index >= 15 is 0 Å². The number of ether oxygens (including phenoxy) is 2. The summed E-state index contributed by atoms with van der Waals surface area (Å²) in [6.45, 7) is 6.21. The highest BCUT2D eigenvalue weighted by molar-refractivity contribution is 5.81. The molecule has 1 atom stereocenters. The summed E-state index contributed by atoms with van der Waals surface area (Å²) in [4.78, 5) is 0. The van der Waals surface area contributed by atoms with Crippen molar-refractivity contribution in [1.29, 1.82) is 0 Å². The van der Waals surface area contributed by atoms with Gasteiger partial charge in [-0.25, -0.2) is 4.39 Å². The van der Waals surface area contributed by atoms with E-state index in [1.165, 1.54) is 7.11 Å². The molecule has 0 bridgehead atoms. The number of methoxy groups -OCH3 is 1. The summed E-state index contributed by atoms with van der Waals surface area (Å²) in [6, 6.07) is 15.7. The summed E-state index contributed by atoms with van der Waals surface area (Å²) in [5.41, 5.74) is 12.3. The average molecular weight is 435 g/mol. The molecule has 1 fully saturated rings. The number of hydrogen-bond donors (Lipinski definition) is 2. The molecular formula is C27H31FN2O2. The van der Waals surface area contributed by atoms with Gasteiger partial charge in [0.25, 0.3) is 0 Å². The van der Waals surface area contributed by atoms with Crippen LogP contribution in [-0.4, -0.2) is 26.3 Å². The molecule has 3 N–H and O–H groups in total. The normalized spacial score (nSPS) is 16.1. The van der Waals surface area contributed by atoms with Crippen molar-refractivity contribution >= 4 is 0 Å². The van der Waals surface area contributed by atoms with Crippen molar-refractivity contribution in [1.82, 2.24) is 5.32 Å². The van der Waals surface area contributed by atoms with Crippen LogP contribution in [0.1, 0.15) is 29.5 Å². The molecule has 0 spiro atoms. The van der Waals surface area contributed by atoms with Crippen LogP contribution in [0.4, 0.5) is 4.39 Å². The lowest BCUT2D eigenvalue weighted by molar-refractivity contribution is 0.166. The van der Waals surface area contributed by atoms with Crippen LogP contribution in [0.15, 0.2) is 48.5 Å². The van der Waals surface area contributed by atoms with Crippen molar-refractivity contribution in [3.05, 3.63) is 71.0 Å². The molecule has 4 rings (SSSR count). The first-order chi connectivity index (χ1) is 15.5. The highest BCUT2D eigenvalue weighted by atomic mass is 19.1. The smallest absolute Gasteiger partial charge is 0.132 e. The molecule has 1 aliphatic rings. The number of nitrogens with two attached hydrogens (primary N) is 1. The lowest BCUT2D eigenvalue weighted by Crippen LogP contribution is -2.37. The third-order valence-electron chi connectivity index (χ3n) is 6.34. The maximum absolute atomic E-state index is 14.7. The Hall–Kier alpha value is -2.89. The third kappa shape index (κ3) is 4.36. The van der Waals surface area contributed by atoms with Crippen molar-refractivity contribution in [2.24, 2.45) is 5.73 Å². The Kier molecular flexibility index (Phi) is 6.77. The molecule has 0 radical (unpaired) electrons. The van der Waals surface area contributed by atoms with E-state index in [4.69, 9.17) is 15.2 Å². The minimum absolute atomic E-state index is 0.0941. The zero-order valence-electron chi connectivity index (χ0n) is 19.0. The van der Waals surface area contributed by atoms with Gasteiger partial charge in [0.15, 0.2) is 0 Å². The molecule has 1 aliphatic heterocycles. The minimum Gasteiger partial charge on any atom is -0.496 e. The van der Waals surface area contributed by atoms with Crippen LogP contribution < -0.4 is 20.5 Å². The number of nitrogens with one attached hydrogen (secondary N) is 1. The number of benzene rings is 3. The highest BCUT2D eigenvalue weighted by Crippen LogP contribution is 2.38. The standard InChI is InChI=1S/C27H31FN2O2/c1-17-21(19-13-25(28)24(15-29)27(14-19)31-3)8-4-9-22(17)23-10-5-11-26(18(23)2)32-20-7-6-12-30-16-20/h4-5,8-11,13-14,20,30H,6-7,12,15-16,29H2,1-3H3. The summed E-state index contributed by atoms with van der Waals surface area (Å²) < 4.78 is 26.4. The Labute approximate surface area is 189 Å². The van der Waals surface area contributed by atoms with Crippen LogP contribution in [-0.2, 0) is 6.54 Å². The van der Waals surface area contributed by atoms with Crippen LogP contribution in [0, 0.1) is 19.7 Å². The summed E-state index contributed by atoms with van der Waals surface area (Å²) in [5, 5.41) is 3.40. The molecule has 5 heteroatoms. The Morgan fingerprint density at radius 2 is 1.72 bits per heavy atom. The van der Waals surface area contributed by atoms with Gasteiger partial charge in [-0.15, -0.1) is 0 Å². The Morgan fingerprint density at radius 3 is 2.41 bits per heavy atom. The maximum Gasteiger partial charge on any atom is 0.132 e. The summed E-state index contributed by atoms with van der Waals surface area (Å²) >= 11 is 0. The van der Waals surface area contributed by atoms with Gasteiger partial charge >= 0.3 is 0 Å². The maximum atomic E-state index is 14.7. The quantitative estimate of drug-likeness (QED) is 0.547. The van der Waals surface area contributed by atoms with E-state index in [1.807, 2.05) is 30.3 Å². The van der Waals surface area contributed by atoms with Gasteiger partial charge in [0.1, 0.15) is 23.4 Å². The summed E-state index contributed by atoms with van der Waals surface area (Å²) in [7, 11) is 1.54. The van der Waals surface area contributed by atoms with E-state index in [1.54, 1.807) is 6.07 Å². The summed E-state index contributed by atoms with van der Waals surface area (Å²) in [6.07, 6.45) is 2.40. The lowest BCUT2D eigenvalue weighted by atomic mass is 9.90. The highest BCUT2D eigenvalue weighted by Gasteiger charge is 2.18. The molecule has 1 heterocycles. The van der Waals surface area contributed by atoms with Gasteiger partial charge in [0, 0.05) is 18.7 Å². The number of piperidine rings is 1. The number of halogens is 1. The number of rotatable bonds is 6. The van der Waals surface area contributed by atoms with Crippen molar-refractivity contribution in [2.75, 3.05) is 20.2 Å². The molecule has 0 saturated carbocycles. The van der Waals surface area contributed by atoms with E-state index in [0.29, 0.717) is 11.3 Å². The van der Waals surface area contributed by atoms with E-state index < -0.39 is 0 Å². The van der Waals surface area contributed by atoms with E-state index in [-0.39, 0.29) is 18.5 Å². The Bertz CT molecular complexity index is 1110. The fraction of sp³-hybridized carbons (Fsp3) is 0.333. The lowest BCUT2D eigenvalue weighted by Gasteiger charge is -2.25. The zero-order chi connectivity index (χ0) is 22.7. The van der Waals surface area contributed by atoms with E-state index in [0.717, 1.165) is 65.1 Å². The average Bonchev–Trinajstić information content (AvgIpc) is 2.81. The van der Waals surface area contributed by atoms with Gasteiger partial charge in [0.2, 0.25) is 0 Å². The first-order valence-electron chi connectivity index (χ1n) is 11.2. The molecule has 0 amide bonds. The molecule has 4 nitrogen and oxygen atoms in total. The Morgan fingerprint density at radius 1 is 1.00 bits per heavy atom. The fourth-order valence-electron chi connectivity index (χ4n) is 4.52. The largest absolute Gasteiger partial charge is 0.496 e. The van der Waals surface area contributed by atoms with Crippen LogP contribution in [0.25, 0.3) is 22.3 Å². The van der Waals surface area contributed by atoms with Crippen LogP contribution >= 0.6 is 0 Å². The minimum atomic E-state index is -0.348. The molecule has 0 aromatic heterocycles. The van der Waals surface area contributed by atoms with Crippen molar-refractivity contribution in [3.8, 4) is 33.8 Å². The fourth-order valence-corrected chi connectivity index (χ4v) is 4.52. The second-order valence-electron chi connectivity index (χ2n) is 8.34. The molecule has 32 heavy (non-hydrogen) atoms. The van der Waals surface area contributed by atoms with Gasteiger partial charge in [-0.2, -0.15) is 0 Å². The Balaban J connectivity index is 1.74. The third-order valence-corrected chi connectivity index (χ3v) is 6.34. The summed E-state index contributed by atoms with van der Waals surface area (Å²) in [5.74, 6) is 1.04. The van der Waals surface area contributed by atoms with Gasteiger partial charge in [0.05, 0.1) is 7.11 Å². The van der Waals surface area contributed by atoms with Crippen LogP contribution in [0.2, 0.25) is 0 Å². The molecule has 168 valence electrons. The zero-order valence-corrected chi connectivity index (χ0v) is 19.0. The predicted octanol–water partition coefficient (Wildman–Crippen LogP) is 5.37. The van der Waals surface area contributed by atoms with E-state index in [2.05, 4.69) is 31.3 Å². The first-order valence-corrected chi connectivity index (χ1v) is 11.2. The predicted molar refractivity (Wildman–Crippen MR) is 128 cm³/mol. The number of hydrogen-bond acceptors (Lipinski definition) is 4. The second kappa shape index (κ2) is 9.72. The molecule has 1 unspecified atom stereocenters. The van der Waals surface area contributed by atoms with Crippen LogP contribution in [0.5, 0.6) is 11.5 Å². The SMILES string of the molecule is COc1cc(-c2cccc(-c3cccc(OC4CCCNC4)c3C)c2C)cc(F)c1CN. The molecular weight excluding hydrogens is 403 g/mol. The van der Waals surface area contributed by atoms with Crippen molar-refractivity contribution < 1.29 is 13.9 Å². The monoisotopic (exact) mass is 434 g/mol. The van der Waals surface area contributed by atoms with Crippen molar-refractivity contribution in [3.63, 3.8) is 0 Å². The molecule has 1 saturated heterocycles. The van der Waals surface area contributed by atoms with Gasteiger partial charge < -0.3 is 20.5 Å². The molecule has 3 aromatic carbocycles.